The fourth-order valence-corrected chi connectivity index (χ4v) is 2.38. The van der Waals surface area contributed by atoms with Crippen molar-refractivity contribution in [1.29, 1.82) is 0 Å². The van der Waals surface area contributed by atoms with E-state index in [9.17, 15) is 4.79 Å². The molecule has 1 heterocycles. The van der Waals surface area contributed by atoms with E-state index in [1.165, 1.54) is 0 Å². The minimum Gasteiger partial charge on any atom is -0.287 e. The molecule has 0 amide bonds. The molecule has 6 heteroatoms. The summed E-state index contributed by atoms with van der Waals surface area (Å²) in [4.78, 5) is 12.4. The first-order valence-electron chi connectivity index (χ1n) is 5.25. The number of nitrogens with zero attached hydrogens (tertiary/aromatic N) is 2. The minimum absolute atomic E-state index is 0.139. The fraction of sp³-hybridized carbons (Fsp3) is 0.167. The topological polar surface area (TPSA) is 34.9 Å². The van der Waals surface area contributed by atoms with Crippen molar-refractivity contribution in [2.75, 3.05) is 0 Å². The first-order chi connectivity index (χ1) is 8.54. The van der Waals surface area contributed by atoms with Gasteiger partial charge in [-0.25, -0.2) is 0 Å². The Hall–Kier alpha value is -0.840. The van der Waals surface area contributed by atoms with Crippen LogP contribution in [-0.2, 0) is 6.54 Å². The molecule has 18 heavy (non-hydrogen) atoms. The van der Waals surface area contributed by atoms with Gasteiger partial charge in [-0.15, -0.1) is 0 Å². The second kappa shape index (κ2) is 5.43. The van der Waals surface area contributed by atoms with Gasteiger partial charge in [-0.05, 0) is 41.1 Å². The third-order valence-electron chi connectivity index (χ3n) is 2.49. The molecule has 3 nitrogen and oxygen atoms in total. The zero-order valence-electron chi connectivity index (χ0n) is 9.45. The van der Waals surface area contributed by atoms with Crippen LogP contribution in [0.15, 0.2) is 28.9 Å². The van der Waals surface area contributed by atoms with Gasteiger partial charge in [-0.3, -0.25) is 9.48 Å². The number of benzene rings is 1. The van der Waals surface area contributed by atoms with Crippen LogP contribution < -0.4 is 0 Å². The second-order valence-corrected chi connectivity index (χ2v) is 5.28. The predicted molar refractivity (Wildman–Crippen MR) is 75.5 cm³/mol. The lowest BCUT2D eigenvalue weighted by molar-refractivity contribution is 0.102. The first kappa shape index (κ1) is 13.6. The number of hydrogen-bond donors (Lipinski definition) is 0. The lowest BCUT2D eigenvalue weighted by Crippen LogP contribution is -2.11. The highest BCUT2D eigenvalue weighted by atomic mass is 79.9. The van der Waals surface area contributed by atoms with Crippen molar-refractivity contribution in [2.24, 2.45) is 0 Å². The van der Waals surface area contributed by atoms with Gasteiger partial charge in [0.15, 0.2) is 0 Å². The van der Waals surface area contributed by atoms with Gasteiger partial charge >= 0.3 is 0 Å². The molecular weight excluding hydrogens is 339 g/mol. The summed E-state index contributed by atoms with van der Waals surface area (Å²) in [6, 6.07) is 4.82. The Balaban J connectivity index is 2.47. The average Bonchev–Trinajstić information content (AvgIpc) is 2.73. The predicted octanol–water partition coefficient (Wildman–Crippen LogP) is 4.20. The quantitative estimate of drug-likeness (QED) is 0.780. The summed E-state index contributed by atoms with van der Waals surface area (Å²) in [6.45, 7) is 2.54. The molecule has 0 atom stereocenters. The third-order valence-corrected chi connectivity index (χ3v) is 3.81. The standard InChI is InChI=1S/C12H9BrCl2N2O/c1-2-17-11(8(13)6-16-17)12(18)7-3-4-9(14)10(15)5-7/h3-6H,2H2,1H3. The van der Waals surface area contributed by atoms with Crippen molar-refractivity contribution in [2.45, 2.75) is 13.5 Å². The first-order valence-corrected chi connectivity index (χ1v) is 6.80. The summed E-state index contributed by atoms with van der Waals surface area (Å²) in [5, 5.41) is 4.90. The van der Waals surface area contributed by atoms with E-state index in [0.29, 0.717) is 32.3 Å². The molecule has 1 aromatic heterocycles. The van der Waals surface area contributed by atoms with E-state index in [1.807, 2.05) is 6.92 Å². The zero-order chi connectivity index (χ0) is 13.3. The van der Waals surface area contributed by atoms with Crippen molar-refractivity contribution < 1.29 is 4.79 Å². The summed E-state index contributed by atoms with van der Waals surface area (Å²) in [5.41, 5.74) is 0.996. The third kappa shape index (κ3) is 2.46. The number of hydrogen-bond acceptors (Lipinski definition) is 2. The number of aryl methyl sites for hydroxylation is 1. The van der Waals surface area contributed by atoms with E-state index in [-0.39, 0.29) is 5.78 Å². The number of rotatable bonds is 3. The highest BCUT2D eigenvalue weighted by molar-refractivity contribution is 9.10. The van der Waals surface area contributed by atoms with Crippen molar-refractivity contribution in [3.8, 4) is 0 Å². The van der Waals surface area contributed by atoms with E-state index >= 15 is 0 Å². The molecule has 0 fully saturated rings. The van der Waals surface area contributed by atoms with Crippen LogP contribution >= 0.6 is 39.1 Å². The SMILES string of the molecule is CCn1ncc(Br)c1C(=O)c1ccc(Cl)c(Cl)c1. The Kier molecular flexibility index (Phi) is 4.10. The number of carbonyl (C=O) groups is 1. The lowest BCUT2D eigenvalue weighted by atomic mass is 10.1. The molecule has 0 aliphatic rings. The maximum Gasteiger partial charge on any atom is 0.212 e. The molecule has 0 aliphatic heterocycles. The van der Waals surface area contributed by atoms with Crippen molar-refractivity contribution in [1.82, 2.24) is 9.78 Å². The van der Waals surface area contributed by atoms with Crippen LogP contribution in [0.1, 0.15) is 23.0 Å². The fourth-order valence-electron chi connectivity index (χ4n) is 1.60. The van der Waals surface area contributed by atoms with Gasteiger partial charge in [-0.1, -0.05) is 23.2 Å². The number of aromatic nitrogens is 2. The lowest BCUT2D eigenvalue weighted by Gasteiger charge is -2.06. The van der Waals surface area contributed by atoms with Crippen LogP contribution in [0, 0.1) is 0 Å². The molecule has 0 N–H and O–H groups in total. The molecule has 1 aromatic carbocycles. The normalized spacial score (nSPS) is 10.7. The molecular formula is C12H9BrCl2N2O. The van der Waals surface area contributed by atoms with Gasteiger partial charge in [0.2, 0.25) is 5.78 Å². The van der Waals surface area contributed by atoms with Crippen LogP contribution in [0.4, 0.5) is 0 Å². The average molecular weight is 348 g/mol. The molecule has 0 unspecified atom stereocenters. The second-order valence-electron chi connectivity index (χ2n) is 3.61. The van der Waals surface area contributed by atoms with Gasteiger partial charge < -0.3 is 0 Å². The monoisotopic (exact) mass is 346 g/mol. The highest BCUT2D eigenvalue weighted by Gasteiger charge is 2.18. The maximum absolute atomic E-state index is 12.4. The van der Waals surface area contributed by atoms with E-state index in [1.54, 1.807) is 29.1 Å². The Morgan fingerprint density at radius 2 is 2.11 bits per heavy atom. The zero-order valence-corrected chi connectivity index (χ0v) is 12.6. The molecule has 0 aliphatic carbocycles. The van der Waals surface area contributed by atoms with Crippen molar-refractivity contribution in [3.63, 3.8) is 0 Å². The molecule has 0 saturated carbocycles. The van der Waals surface area contributed by atoms with E-state index in [2.05, 4.69) is 21.0 Å². The van der Waals surface area contributed by atoms with Gasteiger partial charge in [0.1, 0.15) is 5.69 Å². The van der Waals surface area contributed by atoms with E-state index in [4.69, 9.17) is 23.2 Å². The Bertz CT molecular complexity index is 610. The van der Waals surface area contributed by atoms with Crippen molar-refractivity contribution >= 4 is 44.9 Å². The number of ketones is 1. The largest absolute Gasteiger partial charge is 0.287 e. The van der Waals surface area contributed by atoms with E-state index in [0.717, 1.165) is 0 Å². The summed E-state index contributed by atoms with van der Waals surface area (Å²) in [6.07, 6.45) is 1.61. The number of carbonyl (C=O) groups excluding carboxylic acids is 1. The van der Waals surface area contributed by atoms with Crippen LogP contribution in [-0.4, -0.2) is 15.6 Å². The van der Waals surface area contributed by atoms with Gasteiger partial charge in [0.05, 0.1) is 20.7 Å². The maximum atomic E-state index is 12.4. The number of halogens is 3. The molecule has 2 aromatic rings. The Morgan fingerprint density at radius 3 is 2.72 bits per heavy atom. The molecule has 2 rings (SSSR count). The summed E-state index contributed by atoms with van der Waals surface area (Å²) in [5.74, 6) is -0.139. The Labute approximate surface area is 123 Å². The summed E-state index contributed by atoms with van der Waals surface area (Å²) < 4.78 is 2.30. The van der Waals surface area contributed by atoms with Gasteiger partial charge in [0, 0.05) is 12.1 Å². The molecule has 94 valence electrons. The van der Waals surface area contributed by atoms with Gasteiger partial charge in [-0.2, -0.15) is 5.10 Å². The minimum atomic E-state index is -0.139. The van der Waals surface area contributed by atoms with Gasteiger partial charge in [0.25, 0.3) is 0 Å². The molecule has 0 spiro atoms. The molecule has 0 bridgehead atoms. The summed E-state index contributed by atoms with van der Waals surface area (Å²) >= 11 is 15.1. The summed E-state index contributed by atoms with van der Waals surface area (Å²) in [7, 11) is 0. The van der Waals surface area contributed by atoms with Crippen molar-refractivity contribution in [3.05, 3.63) is 50.2 Å². The van der Waals surface area contributed by atoms with Crippen LogP contribution in [0.3, 0.4) is 0 Å². The molecule has 0 saturated heterocycles. The molecule has 0 radical (unpaired) electrons. The Morgan fingerprint density at radius 1 is 1.39 bits per heavy atom. The highest BCUT2D eigenvalue weighted by Crippen LogP contribution is 2.25. The smallest absolute Gasteiger partial charge is 0.212 e. The van der Waals surface area contributed by atoms with E-state index < -0.39 is 0 Å². The van der Waals surface area contributed by atoms with Crippen LogP contribution in [0.2, 0.25) is 10.0 Å². The van der Waals surface area contributed by atoms with Crippen LogP contribution in [0.25, 0.3) is 0 Å². The van der Waals surface area contributed by atoms with Crippen LogP contribution in [0.5, 0.6) is 0 Å².